The average Bonchev–Trinajstić information content (AvgIpc) is 2.46. The van der Waals surface area contributed by atoms with Crippen LogP contribution in [0.5, 0.6) is 0 Å². The molecular weight excluding hydrogens is 336 g/mol. The van der Waals surface area contributed by atoms with E-state index >= 15 is 0 Å². The molecule has 0 spiro atoms. The first kappa shape index (κ1) is 17.3. The van der Waals surface area contributed by atoms with Crippen LogP contribution in [0, 0.1) is 6.92 Å². The smallest absolute Gasteiger partial charge is 0.255 e. The lowest BCUT2D eigenvalue weighted by molar-refractivity contribution is 0.102. The van der Waals surface area contributed by atoms with Gasteiger partial charge in [-0.1, -0.05) is 23.7 Å². The molecule has 0 heterocycles. The minimum Gasteiger partial charge on any atom is -0.322 e. The van der Waals surface area contributed by atoms with Gasteiger partial charge in [0.1, 0.15) is 0 Å². The fraction of sp³-hybridized carbons (Fsp3) is 0.188. The predicted octanol–water partition coefficient (Wildman–Crippen LogP) is 3.30. The Morgan fingerprint density at radius 1 is 1.17 bits per heavy atom. The van der Waals surface area contributed by atoms with E-state index in [1.165, 1.54) is 7.05 Å². The molecule has 2 aromatic carbocycles. The van der Waals surface area contributed by atoms with Crippen LogP contribution >= 0.6 is 11.6 Å². The number of aryl methyl sites for hydroxylation is 1. The molecule has 0 aromatic heterocycles. The van der Waals surface area contributed by atoms with Gasteiger partial charge in [-0.2, -0.15) is 0 Å². The van der Waals surface area contributed by atoms with E-state index in [4.69, 9.17) is 11.6 Å². The third kappa shape index (κ3) is 4.24. The van der Waals surface area contributed by atoms with Crippen LogP contribution in [0.15, 0.2) is 42.5 Å². The lowest BCUT2D eigenvalue weighted by atomic mass is 10.1. The Bertz CT molecular complexity index is 850. The molecule has 1 amide bonds. The molecule has 0 saturated carbocycles. The molecule has 2 aromatic rings. The molecule has 1 N–H and O–H groups in total. The number of hydrogen-bond acceptors (Lipinski definition) is 3. The van der Waals surface area contributed by atoms with Crippen LogP contribution in [0.3, 0.4) is 0 Å². The van der Waals surface area contributed by atoms with Crippen LogP contribution in [0.2, 0.25) is 5.02 Å². The van der Waals surface area contributed by atoms with E-state index in [1.807, 2.05) is 0 Å². The second kappa shape index (κ2) is 6.60. The highest BCUT2D eigenvalue weighted by molar-refractivity contribution is 7.92. The van der Waals surface area contributed by atoms with Gasteiger partial charge in [0.2, 0.25) is 10.0 Å². The number of carbonyl (C=O) groups is 1. The van der Waals surface area contributed by atoms with E-state index in [-0.39, 0.29) is 5.91 Å². The third-order valence-electron chi connectivity index (χ3n) is 3.39. The summed E-state index contributed by atoms with van der Waals surface area (Å²) in [6.07, 6.45) is 1.12. The fourth-order valence-electron chi connectivity index (χ4n) is 2.04. The molecular formula is C16H17ClN2O3S. The van der Waals surface area contributed by atoms with Gasteiger partial charge >= 0.3 is 0 Å². The highest BCUT2D eigenvalue weighted by Crippen LogP contribution is 2.23. The van der Waals surface area contributed by atoms with Gasteiger partial charge in [0, 0.05) is 23.3 Å². The van der Waals surface area contributed by atoms with Crippen molar-refractivity contribution in [2.45, 2.75) is 6.92 Å². The Morgan fingerprint density at radius 2 is 1.87 bits per heavy atom. The number of amides is 1. The molecule has 5 nitrogen and oxygen atoms in total. The summed E-state index contributed by atoms with van der Waals surface area (Å²) in [4.78, 5) is 12.3. The van der Waals surface area contributed by atoms with Crippen LogP contribution < -0.4 is 9.62 Å². The first-order valence-electron chi connectivity index (χ1n) is 6.80. The van der Waals surface area contributed by atoms with Crippen molar-refractivity contribution >= 4 is 38.9 Å². The highest BCUT2D eigenvalue weighted by atomic mass is 35.5. The van der Waals surface area contributed by atoms with Gasteiger partial charge in [-0.05, 0) is 42.8 Å². The van der Waals surface area contributed by atoms with Gasteiger partial charge in [0.15, 0.2) is 0 Å². The molecule has 0 atom stereocenters. The van der Waals surface area contributed by atoms with Gasteiger partial charge in [-0.15, -0.1) is 0 Å². The normalized spacial score (nSPS) is 11.1. The number of anilines is 2. The molecule has 0 saturated heterocycles. The predicted molar refractivity (Wildman–Crippen MR) is 93.8 cm³/mol. The first-order valence-corrected chi connectivity index (χ1v) is 9.02. The minimum atomic E-state index is -3.40. The first-order chi connectivity index (χ1) is 10.7. The summed E-state index contributed by atoms with van der Waals surface area (Å²) < 4.78 is 24.6. The maximum Gasteiger partial charge on any atom is 0.255 e. The van der Waals surface area contributed by atoms with Crippen LogP contribution in [0.1, 0.15) is 15.9 Å². The Morgan fingerprint density at radius 3 is 2.48 bits per heavy atom. The third-order valence-corrected chi connectivity index (χ3v) is 4.82. The van der Waals surface area contributed by atoms with E-state index in [0.717, 1.165) is 16.1 Å². The number of rotatable bonds is 4. The standard InChI is InChI=1S/C16H17ClN2O3S/c1-11-7-8-12(9-15(11)19(2)23(3,21)22)16(20)18-14-6-4-5-13(17)10-14/h4-10H,1-3H3,(H,18,20). The molecule has 0 unspecified atom stereocenters. The average molecular weight is 353 g/mol. The van der Waals surface area contributed by atoms with Gasteiger partial charge in [0.05, 0.1) is 11.9 Å². The monoisotopic (exact) mass is 352 g/mol. The van der Waals surface area contributed by atoms with E-state index in [1.54, 1.807) is 49.4 Å². The summed E-state index contributed by atoms with van der Waals surface area (Å²) in [7, 11) is -1.95. The van der Waals surface area contributed by atoms with E-state index in [2.05, 4.69) is 5.32 Å². The number of carbonyl (C=O) groups excluding carboxylic acids is 1. The number of nitrogens with one attached hydrogen (secondary N) is 1. The minimum absolute atomic E-state index is 0.338. The Labute approximate surface area is 140 Å². The number of halogens is 1. The van der Waals surface area contributed by atoms with Crippen molar-refractivity contribution in [3.63, 3.8) is 0 Å². The molecule has 0 fully saturated rings. The number of benzene rings is 2. The Balaban J connectivity index is 2.32. The number of hydrogen-bond donors (Lipinski definition) is 1. The van der Waals surface area contributed by atoms with Crippen LogP contribution in [0.4, 0.5) is 11.4 Å². The summed E-state index contributed by atoms with van der Waals surface area (Å²) >= 11 is 5.89. The molecule has 0 aliphatic heterocycles. The summed E-state index contributed by atoms with van der Waals surface area (Å²) in [5, 5.41) is 3.25. The van der Waals surface area contributed by atoms with Crippen molar-refractivity contribution in [3.8, 4) is 0 Å². The SMILES string of the molecule is Cc1ccc(C(=O)Nc2cccc(Cl)c2)cc1N(C)S(C)(=O)=O. The largest absolute Gasteiger partial charge is 0.322 e. The summed E-state index contributed by atoms with van der Waals surface area (Å²) in [6, 6.07) is 11.7. The molecule has 0 aliphatic carbocycles. The molecule has 0 aliphatic rings. The van der Waals surface area contributed by atoms with Gasteiger partial charge in [-0.25, -0.2) is 8.42 Å². The lowest BCUT2D eigenvalue weighted by Gasteiger charge is -2.19. The molecule has 23 heavy (non-hydrogen) atoms. The summed E-state index contributed by atoms with van der Waals surface area (Å²) in [5.41, 5.74) is 2.16. The van der Waals surface area contributed by atoms with Gasteiger partial charge in [0.25, 0.3) is 5.91 Å². The molecule has 7 heteroatoms. The highest BCUT2D eigenvalue weighted by Gasteiger charge is 2.16. The van der Waals surface area contributed by atoms with Crippen molar-refractivity contribution < 1.29 is 13.2 Å². The zero-order valence-corrected chi connectivity index (χ0v) is 14.6. The zero-order valence-electron chi connectivity index (χ0n) is 13.0. The van der Waals surface area contributed by atoms with E-state index in [0.29, 0.717) is 22.0 Å². The van der Waals surface area contributed by atoms with Crippen LogP contribution in [-0.2, 0) is 10.0 Å². The molecule has 122 valence electrons. The Hall–Kier alpha value is -2.05. The lowest BCUT2D eigenvalue weighted by Crippen LogP contribution is -2.26. The second-order valence-electron chi connectivity index (χ2n) is 5.20. The maximum atomic E-state index is 12.3. The van der Waals surface area contributed by atoms with E-state index in [9.17, 15) is 13.2 Å². The Kier molecular flexibility index (Phi) is 4.97. The van der Waals surface area contributed by atoms with Crippen LogP contribution in [0.25, 0.3) is 0 Å². The van der Waals surface area contributed by atoms with Crippen LogP contribution in [-0.4, -0.2) is 27.6 Å². The molecule has 0 radical (unpaired) electrons. The van der Waals surface area contributed by atoms with Crippen molar-refractivity contribution in [1.82, 2.24) is 0 Å². The van der Waals surface area contributed by atoms with Crippen molar-refractivity contribution in [2.75, 3.05) is 22.9 Å². The zero-order chi connectivity index (χ0) is 17.2. The number of sulfonamides is 1. The van der Waals surface area contributed by atoms with Gasteiger partial charge < -0.3 is 5.32 Å². The number of nitrogens with zero attached hydrogens (tertiary/aromatic N) is 1. The maximum absolute atomic E-state index is 12.3. The van der Waals surface area contributed by atoms with Crippen molar-refractivity contribution in [3.05, 3.63) is 58.6 Å². The topological polar surface area (TPSA) is 66.5 Å². The molecule has 0 bridgehead atoms. The van der Waals surface area contributed by atoms with Crippen molar-refractivity contribution in [2.24, 2.45) is 0 Å². The quantitative estimate of drug-likeness (QED) is 0.918. The summed E-state index contributed by atoms with van der Waals surface area (Å²) in [6.45, 7) is 1.79. The fourth-order valence-corrected chi connectivity index (χ4v) is 2.78. The van der Waals surface area contributed by atoms with E-state index < -0.39 is 10.0 Å². The summed E-state index contributed by atoms with van der Waals surface area (Å²) in [5.74, 6) is -0.338. The molecule has 2 rings (SSSR count). The van der Waals surface area contributed by atoms with Crippen molar-refractivity contribution in [1.29, 1.82) is 0 Å². The second-order valence-corrected chi connectivity index (χ2v) is 7.65. The van der Waals surface area contributed by atoms with Gasteiger partial charge in [-0.3, -0.25) is 9.10 Å².